The van der Waals surface area contributed by atoms with Crippen LogP contribution in [-0.2, 0) is 0 Å². The van der Waals surface area contributed by atoms with Crippen molar-refractivity contribution in [3.63, 3.8) is 0 Å². The standard InChI is InChI=1S/C13H7Br2FINO/c14-7-1-4-12(17)9(5-7)13(19)18-8-2-3-10(15)11(16)6-8/h1-6H,(H,18,19). The lowest BCUT2D eigenvalue weighted by atomic mass is 10.2. The highest BCUT2D eigenvalue weighted by Crippen LogP contribution is 2.22. The summed E-state index contributed by atoms with van der Waals surface area (Å²) in [4.78, 5) is 12.1. The Morgan fingerprint density at radius 1 is 1.16 bits per heavy atom. The van der Waals surface area contributed by atoms with Gasteiger partial charge in [0.2, 0.25) is 0 Å². The molecule has 0 bridgehead atoms. The maximum absolute atomic E-state index is 13.4. The molecular formula is C13H7Br2FINO. The van der Waals surface area contributed by atoms with Crippen LogP contribution in [0.4, 0.5) is 10.1 Å². The number of rotatable bonds is 2. The fourth-order valence-electron chi connectivity index (χ4n) is 1.44. The zero-order chi connectivity index (χ0) is 14.0. The summed E-state index contributed by atoms with van der Waals surface area (Å²) in [5.41, 5.74) is 0.958. The predicted molar refractivity (Wildman–Crippen MR) is 88.9 cm³/mol. The van der Waals surface area contributed by atoms with E-state index in [9.17, 15) is 9.18 Å². The van der Waals surface area contributed by atoms with E-state index < -0.39 is 5.82 Å². The van der Waals surface area contributed by atoms with Gasteiger partial charge in [0, 0.05) is 13.7 Å². The van der Waals surface area contributed by atoms with E-state index in [4.69, 9.17) is 0 Å². The van der Waals surface area contributed by atoms with Crippen LogP contribution in [0.15, 0.2) is 45.3 Å². The van der Waals surface area contributed by atoms with Crippen molar-refractivity contribution < 1.29 is 9.18 Å². The summed E-state index contributed by atoms with van der Waals surface area (Å²) in [6.07, 6.45) is 0. The quantitative estimate of drug-likeness (QED) is 0.566. The molecule has 0 radical (unpaired) electrons. The predicted octanol–water partition coefficient (Wildman–Crippen LogP) is 5.21. The first-order valence-corrected chi connectivity index (χ1v) is 7.85. The minimum absolute atomic E-state index is 0.271. The van der Waals surface area contributed by atoms with Crippen molar-refractivity contribution in [3.8, 4) is 0 Å². The molecule has 1 N–H and O–H groups in total. The van der Waals surface area contributed by atoms with Gasteiger partial charge in [-0.3, -0.25) is 4.79 Å². The number of amides is 1. The molecule has 0 aromatic heterocycles. The molecule has 0 aliphatic rings. The van der Waals surface area contributed by atoms with Gasteiger partial charge in [-0.25, -0.2) is 4.39 Å². The number of halogens is 4. The number of carbonyl (C=O) groups is 1. The van der Waals surface area contributed by atoms with Crippen LogP contribution >= 0.6 is 54.5 Å². The Morgan fingerprint density at radius 2 is 1.89 bits per heavy atom. The van der Waals surface area contributed by atoms with Gasteiger partial charge in [0.1, 0.15) is 5.82 Å². The normalized spacial score (nSPS) is 10.3. The van der Waals surface area contributed by atoms with Gasteiger partial charge in [-0.15, -0.1) is 0 Å². The van der Waals surface area contributed by atoms with E-state index in [1.807, 2.05) is 12.1 Å². The Balaban J connectivity index is 2.25. The molecule has 0 fully saturated rings. The van der Waals surface area contributed by atoms with Crippen molar-refractivity contribution >= 4 is 66.0 Å². The van der Waals surface area contributed by atoms with E-state index in [2.05, 4.69) is 59.8 Å². The van der Waals surface area contributed by atoms with E-state index in [-0.39, 0.29) is 5.91 Å². The molecule has 0 aliphatic carbocycles. The minimum atomic E-state index is -0.415. The van der Waals surface area contributed by atoms with Crippen molar-refractivity contribution in [3.05, 3.63) is 60.3 Å². The van der Waals surface area contributed by atoms with Crippen molar-refractivity contribution in [2.45, 2.75) is 0 Å². The summed E-state index contributed by atoms with van der Waals surface area (Å²) in [6, 6.07) is 9.88. The Hall–Kier alpha value is -0.470. The number of benzene rings is 2. The average Bonchev–Trinajstić information content (AvgIpc) is 2.36. The molecule has 0 saturated carbocycles. The Kier molecular flexibility index (Phi) is 4.97. The number of carbonyl (C=O) groups excluding carboxylic acids is 1. The van der Waals surface area contributed by atoms with Gasteiger partial charge in [0.25, 0.3) is 5.91 Å². The van der Waals surface area contributed by atoms with E-state index in [0.29, 0.717) is 15.7 Å². The minimum Gasteiger partial charge on any atom is -0.322 e. The van der Waals surface area contributed by atoms with Crippen molar-refractivity contribution in [2.75, 3.05) is 5.32 Å². The molecule has 0 spiro atoms. The zero-order valence-electron chi connectivity index (χ0n) is 9.38. The monoisotopic (exact) mass is 497 g/mol. The lowest BCUT2D eigenvalue weighted by Gasteiger charge is -2.08. The lowest BCUT2D eigenvalue weighted by molar-refractivity contribution is 0.102. The number of nitrogens with one attached hydrogen (secondary N) is 1. The highest BCUT2D eigenvalue weighted by atomic mass is 127. The Labute approximate surface area is 140 Å². The van der Waals surface area contributed by atoms with Crippen LogP contribution in [0.3, 0.4) is 0 Å². The maximum Gasteiger partial charge on any atom is 0.256 e. The van der Waals surface area contributed by atoms with Crippen molar-refractivity contribution in [2.24, 2.45) is 0 Å². The second-order valence-electron chi connectivity index (χ2n) is 3.71. The van der Waals surface area contributed by atoms with Gasteiger partial charge in [-0.05, 0) is 74.9 Å². The summed E-state index contributed by atoms with van der Waals surface area (Å²) in [5.74, 6) is -0.686. The number of hydrogen-bond donors (Lipinski definition) is 1. The van der Waals surface area contributed by atoms with Crippen LogP contribution < -0.4 is 5.32 Å². The summed E-state index contributed by atoms with van der Waals surface area (Å²) < 4.78 is 15.4. The van der Waals surface area contributed by atoms with Crippen LogP contribution in [0.25, 0.3) is 0 Å². The van der Waals surface area contributed by atoms with Gasteiger partial charge in [-0.1, -0.05) is 15.9 Å². The zero-order valence-corrected chi connectivity index (χ0v) is 14.7. The topological polar surface area (TPSA) is 29.1 Å². The largest absolute Gasteiger partial charge is 0.322 e. The van der Waals surface area contributed by atoms with Gasteiger partial charge in [-0.2, -0.15) is 0 Å². The first-order chi connectivity index (χ1) is 8.97. The SMILES string of the molecule is O=C(Nc1ccc(Br)c(F)c1)c1cc(Br)ccc1I. The van der Waals surface area contributed by atoms with Gasteiger partial charge in [0.05, 0.1) is 10.0 Å². The molecule has 0 aliphatic heterocycles. The second kappa shape index (κ2) is 6.32. The molecule has 0 saturated heterocycles. The molecule has 0 unspecified atom stereocenters. The van der Waals surface area contributed by atoms with Crippen LogP contribution in [-0.4, -0.2) is 5.91 Å². The fraction of sp³-hybridized carbons (Fsp3) is 0. The molecule has 1 amide bonds. The Bertz CT molecular complexity index is 649. The molecule has 6 heteroatoms. The molecule has 2 nitrogen and oxygen atoms in total. The summed E-state index contributed by atoms with van der Waals surface area (Å²) in [7, 11) is 0. The second-order valence-corrected chi connectivity index (χ2v) is 6.64. The van der Waals surface area contributed by atoms with Crippen molar-refractivity contribution in [1.29, 1.82) is 0 Å². The molecule has 19 heavy (non-hydrogen) atoms. The van der Waals surface area contributed by atoms with Crippen LogP contribution in [0.5, 0.6) is 0 Å². The fourth-order valence-corrected chi connectivity index (χ4v) is 2.63. The van der Waals surface area contributed by atoms with Gasteiger partial charge < -0.3 is 5.32 Å². The first kappa shape index (κ1) is 14.9. The summed E-state index contributed by atoms with van der Waals surface area (Å²) in [6.45, 7) is 0. The molecule has 2 aromatic rings. The molecule has 2 rings (SSSR count). The van der Waals surface area contributed by atoms with E-state index >= 15 is 0 Å². The molecule has 0 atom stereocenters. The van der Waals surface area contributed by atoms with Crippen molar-refractivity contribution in [1.82, 2.24) is 0 Å². The number of anilines is 1. The highest BCUT2D eigenvalue weighted by Gasteiger charge is 2.11. The average molecular weight is 499 g/mol. The molecule has 0 heterocycles. The van der Waals surface area contributed by atoms with Gasteiger partial charge in [0.15, 0.2) is 0 Å². The highest BCUT2D eigenvalue weighted by molar-refractivity contribution is 14.1. The van der Waals surface area contributed by atoms with Gasteiger partial charge >= 0.3 is 0 Å². The van der Waals surface area contributed by atoms with Crippen LogP contribution in [0, 0.1) is 9.39 Å². The molecule has 98 valence electrons. The molecule has 2 aromatic carbocycles. The maximum atomic E-state index is 13.4. The smallest absolute Gasteiger partial charge is 0.256 e. The first-order valence-electron chi connectivity index (χ1n) is 5.19. The third kappa shape index (κ3) is 3.76. The van der Waals surface area contributed by atoms with E-state index in [1.54, 1.807) is 18.2 Å². The lowest BCUT2D eigenvalue weighted by Crippen LogP contribution is -2.13. The van der Waals surface area contributed by atoms with Crippen LogP contribution in [0.2, 0.25) is 0 Å². The number of hydrogen-bond acceptors (Lipinski definition) is 1. The third-order valence-electron chi connectivity index (χ3n) is 2.35. The summed E-state index contributed by atoms with van der Waals surface area (Å²) >= 11 is 8.47. The third-order valence-corrected chi connectivity index (χ3v) is 4.43. The molecular weight excluding hydrogens is 492 g/mol. The van der Waals surface area contributed by atoms with E-state index in [1.165, 1.54) is 6.07 Å². The van der Waals surface area contributed by atoms with Crippen LogP contribution in [0.1, 0.15) is 10.4 Å². The van der Waals surface area contributed by atoms with E-state index in [0.717, 1.165) is 8.04 Å². The summed E-state index contributed by atoms with van der Waals surface area (Å²) in [5, 5.41) is 2.67. The Morgan fingerprint density at radius 3 is 2.58 bits per heavy atom.